The molecule has 0 aliphatic carbocycles. The molecule has 0 N–H and O–H groups in total. The van der Waals surface area contributed by atoms with Crippen molar-refractivity contribution in [2.75, 3.05) is 13.2 Å². The minimum atomic E-state index is 0. The minimum Gasteiger partial charge on any atom is -0.479 e. The van der Waals surface area contributed by atoms with Crippen LogP contribution in [0.4, 0.5) is 0 Å². The number of rotatable bonds is 2. The summed E-state index contributed by atoms with van der Waals surface area (Å²) in [6, 6.07) is 0. The van der Waals surface area contributed by atoms with Gasteiger partial charge in [-0.05, 0) is 38.3 Å². The van der Waals surface area contributed by atoms with Crippen LogP contribution >= 0.6 is 36.2 Å². The first-order chi connectivity index (χ1) is 5.20. The largest absolute Gasteiger partial charge is 0.479 e. The molecule has 0 saturated carbocycles. The second kappa shape index (κ2) is 10.8. The third-order valence-electron chi connectivity index (χ3n) is 0.691. The monoisotopic (exact) mass is 249 g/mol. The Bertz CT molecular complexity index is 136. The maximum Gasteiger partial charge on any atom is 0.228 e. The summed E-state index contributed by atoms with van der Waals surface area (Å²) in [7, 11) is 0. The summed E-state index contributed by atoms with van der Waals surface area (Å²) >= 11 is 10.8. The van der Waals surface area contributed by atoms with E-state index in [1.165, 1.54) is 11.8 Å². The Morgan fingerprint density at radius 1 is 1.08 bits per heavy atom. The maximum atomic E-state index is 4.99. The van der Waals surface area contributed by atoms with Gasteiger partial charge in [-0.3, -0.25) is 0 Å². The molecule has 65 valence electrons. The van der Waals surface area contributed by atoms with Gasteiger partial charge in [0.15, 0.2) is 0 Å². The molecule has 0 aliphatic heterocycles. The second-order valence-corrected chi connectivity index (χ2v) is 3.67. The predicted molar refractivity (Wildman–Crippen MR) is 61.8 cm³/mol. The van der Waals surface area contributed by atoms with E-state index in [-0.39, 0.29) is 51.4 Å². The van der Waals surface area contributed by atoms with Crippen molar-refractivity contribution < 1.29 is 9.47 Å². The van der Waals surface area contributed by atoms with Gasteiger partial charge in [0, 0.05) is 63.1 Å². The average molecular weight is 249 g/mol. The van der Waals surface area contributed by atoms with E-state index < -0.39 is 0 Å². The fourth-order valence-corrected chi connectivity index (χ4v) is 1.70. The molecule has 0 bridgehead atoms. The third-order valence-corrected chi connectivity index (χ3v) is 2.00. The van der Waals surface area contributed by atoms with Crippen LogP contribution in [-0.4, -0.2) is 73.4 Å². The van der Waals surface area contributed by atoms with Crippen LogP contribution in [-0.2, 0) is 9.47 Å². The molecule has 12 heavy (non-hydrogen) atoms. The van der Waals surface area contributed by atoms with Crippen molar-refractivity contribution in [1.82, 2.24) is 0 Å². The molecule has 6 heteroatoms. The zero-order chi connectivity index (χ0) is 8.69. The predicted octanol–water partition coefficient (Wildman–Crippen LogP) is 1.98. The van der Waals surface area contributed by atoms with Gasteiger partial charge in [-0.1, -0.05) is 0 Å². The van der Waals surface area contributed by atoms with Crippen LogP contribution in [0.3, 0.4) is 0 Å². The molecule has 0 saturated heterocycles. The van der Waals surface area contributed by atoms with Crippen LogP contribution in [0.5, 0.6) is 0 Å². The zero-order valence-corrected chi connectivity index (χ0v) is 13.0. The number of thiocarbonyl (C=S) groups is 2. The zero-order valence-electron chi connectivity index (χ0n) is 7.46. The Hall–Kier alpha value is 1.77. The smallest absolute Gasteiger partial charge is 0.228 e. The molecule has 0 heterocycles. The van der Waals surface area contributed by atoms with Crippen LogP contribution in [0, 0.1) is 0 Å². The van der Waals surface area contributed by atoms with Gasteiger partial charge in [0.25, 0.3) is 0 Å². The van der Waals surface area contributed by atoms with Gasteiger partial charge in [0.1, 0.15) is 0 Å². The summed E-state index contributed by atoms with van der Waals surface area (Å²) in [5, 5.41) is 0. The number of hydrogen-bond acceptors (Lipinski definition) is 5. The Morgan fingerprint density at radius 3 is 1.67 bits per heavy atom. The van der Waals surface area contributed by atoms with Crippen molar-refractivity contribution in [2.24, 2.45) is 0 Å². The Morgan fingerprint density at radius 2 is 1.42 bits per heavy atom. The van der Waals surface area contributed by atoms with Gasteiger partial charge in [-0.15, -0.1) is 0 Å². The molecule has 0 amide bonds. The van der Waals surface area contributed by atoms with Gasteiger partial charge in [0.05, 0.1) is 13.2 Å². The molecular formula is C6H10KO2S3. The van der Waals surface area contributed by atoms with Gasteiger partial charge in [0.2, 0.25) is 8.77 Å². The van der Waals surface area contributed by atoms with Crippen molar-refractivity contribution in [3.05, 3.63) is 0 Å². The fourth-order valence-electron chi connectivity index (χ4n) is 0.363. The van der Waals surface area contributed by atoms with Crippen molar-refractivity contribution in [3.8, 4) is 0 Å². The Labute approximate surface area is 131 Å². The summed E-state index contributed by atoms with van der Waals surface area (Å²) in [4.78, 5) is 0. The van der Waals surface area contributed by atoms with E-state index >= 15 is 0 Å². The van der Waals surface area contributed by atoms with Crippen LogP contribution in [0.15, 0.2) is 0 Å². The molecule has 0 aliphatic rings. The van der Waals surface area contributed by atoms with Crippen LogP contribution in [0.2, 0.25) is 0 Å². The first-order valence-corrected chi connectivity index (χ1v) is 4.85. The molecule has 0 spiro atoms. The van der Waals surface area contributed by atoms with Crippen molar-refractivity contribution >= 4 is 96.3 Å². The van der Waals surface area contributed by atoms with Gasteiger partial charge in [-0.2, -0.15) is 0 Å². The molecule has 0 aromatic rings. The molecule has 0 fully saturated rings. The Kier molecular flexibility index (Phi) is 14.6. The average Bonchev–Trinajstić information content (AvgIpc) is 1.87. The summed E-state index contributed by atoms with van der Waals surface area (Å²) in [6.45, 7) is 4.88. The second-order valence-electron chi connectivity index (χ2n) is 1.47. The van der Waals surface area contributed by atoms with Gasteiger partial charge in [-0.25, -0.2) is 0 Å². The van der Waals surface area contributed by atoms with Crippen molar-refractivity contribution in [1.29, 1.82) is 0 Å². The minimum absolute atomic E-state index is 0. The van der Waals surface area contributed by atoms with Crippen LogP contribution < -0.4 is 0 Å². The van der Waals surface area contributed by atoms with E-state index in [1.54, 1.807) is 0 Å². The SMILES string of the molecule is CCOC(=S)SC(=S)OCC.[K]. The maximum absolute atomic E-state index is 4.99. The summed E-state index contributed by atoms with van der Waals surface area (Å²) in [6.07, 6.45) is 0. The van der Waals surface area contributed by atoms with Crippen molar-refractivity contribution in [2.45, 2.75) is 13.8 Å². The molecular weight excluding hydrogens is 239 g/mol. The van der Waals surface area contributed by atoms with Crippen LogP contribution in [0.25, 0.3) is 0 Å². The van der Waals surface area contributed by atoms with Gasteiger partial charge >= 0.3 is 0 Å². The summed E-state index contributed by atoms with van der Waals surface area (Å²) in [5.41, 5.74) is 0. The van der Waals surface area contributed by atoms with Crippen molar-refractivity contribution in [3.63, 3.8) is 0 Å². The quantitative estimate of drug-likeness (QED) is 0.549. The van der Waals surface area contributed by atoms with E-state index in [1.807, 2.05) is 13.8 Å². The molecule has 1 radical (unpaired) electrons. The standard InChI is InChI=1S/C6H10O2S3.K/c1-3-7-5(9)11-6(10)8-4-2;/h3-4H2,1-2H3;. The summed E-state index contributed by atoms with van der Waals surface area (Å²) < 4.78 is 10.8. The first-order valence-electron chi connectivity index (χ1n) is 3.22. The molecule has 2 nitrogen and oxygen atoms in total. The third kappa shape index (κ3) is 9.85. The molecule has 0 unspecified atom stereocenters. The first kappa shape index (κ1) is 16.2. The van der Waals surface area contributed by atoms with E-state index in [9.17, 15) is 0 Å². The Balaban J connectivity index is 0. The van der Waals surface area contributed by atoms with E-state index in [0.29, 0.717) is 22.0 Å². The summed E-state index contributed by atoms with van der Waals surface area (Å²) in [5.74, 6) is 0. The van der Waals surface area contributed by atoms with E-state index in [0.717, 1.165) is 0 Å². The molecule has 0 atom stereocenters. The van der Waals surface area contributed by atoms with Gasteiger partial charge < -0.3 is 9.47 Å². The number of ether oxygens (including phenoxy) is 2. The molecule has 0 aromatic heterocycles. The fraction of sp³-hybridized carbons (Fsp3) is 0.667. The number of hydrogen-bond donors (Lipinski definition) is 0. The number of thioether (sulfide) groups is 1. The topological polar surface area (TPSA) is 18.5 Å². The van der Waals surface area contributed by atoms with E-state index in [2.05, 4.69) is 0 Å². The van der Waals surface area contributed by atoms with E-state index in [4.69, 9.17) is 33.9 Å². The molecule has 0 aromatic carbocycles. The normalized spacial score (nSPS) is 8.17. The molecule has 0 rings (SSSR count). The van der Waals surface area contributed by atoms with Crippen LogP contribution in [0.1, 0.15) is 13.8 Å².